The third-order valence-electron chi connectivity index (χ3n) is 3.18. The summed E-state index contributed by atoms with van der Waals surface area (Å²) in [6.45, 7) is 4.06. The Morgan fingerprint density at radius 2 is 2.05 bits per heavy atom. The van der Waals surface area contributed by atoms with E-state index in [-0.39, 0.29) is 0 Å². The molecule has 1 aromatic carbocycles. The maximum atomic E-state index is 5.63. The van der Waals surface area contributed by atoms with Gasteiger partial charge in [0.15, 0.2) is 11.5 Å². The normalized spacial score (nSPS) is 13.6. The van der Waals surface area contributed by atoms with Crippen molar-refractivity contribution in [3.8, 4) is 17.2 Å². The van der Waals surface area contributed by atoms with Crippen molar-refractivity contribution in [2.45, 2.75) is 13.0 Å². The number of fused-ring (bicyclic) bond motifs is 1. The molecule has 1 aliphatic heterocycles. The van der Waals surface area contributed by atoms with Crippen LogP contribution in [0.2, 0.25) is 0 Å². The standard InChI is InChI=1S/C15H24N2O3/c1-17(2)6-4-5-16-11-12-9-13(18-3)15-14(10-12)19-7-8-20-15/h9-10,16H,4-8,11H2,1-3H3. The SMILES string of the molecule is COc1cc(CNCCCN(C)C)cc2c1OCCO2. The Bertz CT molecular complexity index is 418. The fourth-order valence-electron chi connectivity index (χ4n) is 2.18. The Labute approximate surface area is 120 Å². The Balaban J connectivity index is 1.91. The van der Waals surface area contributed by atoms with Gasteiger partial charge in [-0.15, -0.1) is 0 Å². The van der Waals surface area contributed by atoms with Gasteiger partial charge in [0.25, 0.3) is 0 Å². The van der Waals surface area contributed by atoms with E-state index in [0.29, 0.717) is 13.2 Å². The Morgan fingerprint density at radius 1 is 1.25 bits per heavy atom. The van der Waals surface area contributed by atoms with Crippen LogP contribution >= 0.6 is 0 Å². The van der Waals surface area contributed by atoms with Gasteiger partial charge in [-0.1, -0.05) is 0 Å². The molecule has 2 rings (SSSR count). The maximum Gasteiger partial charge on any atom is 0.203 e. The lowest BCUT2D eigenvalue weighted by Crippen LogP contribution is -2.21. The molecule has 0 fully saturated rings. The zero-order valence-corrected chi connectivity index (χ0v) is 12.6. The molecule has 1 N–H and O–H groups in total. The van der Waals surface area contributed by atoms with Crippen LogP contribution in [-0.4, -0.2) is 52.4 Å². The predicted molar refractivity (Wildman–Crippen MR) is 78.9 cm³/mol. The smallest absolute Gasteiger partial charge is 0.203 e. The lowest BCUT2D eigenvalue weighted by molar-refractivity contribution is 0.165. The van der Waals surface area contributed by atoms with Gasteiger partial charge in [0.2, 0.25) is 5.75 Å². The van der Waals surface area contributed by atoms with Gasteiger partial charge < -0.3 is 24.4 Å². The van der Waals surface area contributed by atoms with E-state index in [0.717, 1.165) is 48.9 Å². The number of rotatable bonds is 7. The number of methoxy groups -OCH3 is 1. The molecule has 0 unspecified atom stereocenters. The molecule has 5 nitrogen and oxygen atoms in total. The molecule has 0 aliphatic carbocycles. The second-order valence-electron chi connectivity index (χ2n) is 5.16. The monoisotopic (exact) mass is 280 g/mol. The highest BCUT2D eigenvalue weighted by atomic mass is 16.6. The van der Waals surface area contributed by atoms with Crippen molar-refractivity contribution < 1.29 is 14.2 Å². The molecule has 5 heteroatoms. The van der Waals surface area contributed by atoms with E-state index in [4.69, 9.17) is 14.2 Å². The van der Waals surface area contributed by atoms with Crippen LogP contribution in [0.25, 0.3) is 0 Å². The Morgan fingerprint density at radius 3 is 2.80 bits per heavy atom. The second-order valence-corrected chi connectivity index (χ2v) is 5.16. The van der Waals surface area contributed by atoms with E-state index in [1.165, 1.54) is 0 Å². The fourth-order valence-corrected chi connectivity index (χ4v) is 2.18. The summed E-state index contributed by atoms with van der Waals surface area (Å²) in [4.78, 5) is 2.19. The summed E-state index contributed by atoms with van der Waals surface area (Å²) in [6.07, 6.45) is 1.13. The van der Waals surface area contributed by atoms with Gasteiger partial charge >= 0.3 is 0 Å². The first-order valence-electron chi connectivity index (χ1n) is 7.02. The van der Waals surface area contributed by atoms with E-state index in [1.54, 1.807) is 7.11 Å². The minimum atomic E-state index is 0.575. The van der Waals surface area contributed by atoms with Crippen molar-refractivity contribution in [3.05, 3.63) is 17.7 Å². The molecule has 0 atom stereocenters. The molecule has 0 aromatic heterocycles. The molecule has 0 bridgehead atoms. The van der Waals surface area contributed by atoms with Gasteiger partial charge in [-0.3, -0.25) is 0 Å². The van der Waals surface area contributed by atoms with E-state index < -0.39 is 0 Å². The highest BCUT2D eigenvalue weighted by molar-refractivity contribution is 5.54. The van der Waals surface area contributed by atoms with Crippen molar-refractivity contribution >= 4 is 0 Å². The molecule has 0 amide bonds. The van der Waals surface area contributed by atoms with E-state index in [1.807, 2.05) is 12.1 Å². The minimum absolute atomic E-state index is 0.575. The number of ether oxygens (including phenoxy) is 3. The summed E-state index contributed by atoms with van der Waals surface area (Å²) in [5.41, 5.74) is 1.15. The first-order chi connectivity index (χ1) is 9.70. The number of hydrogen-bond acceptors (Lipinski definition) is 5. The third-order valence-corrected chi connectivity index (χ3v) is 3.18. The zero-order valence-electron chi connectivity index (χ0n) is 12.6. The lowest BCUT2D eigenvalue weighted by atomic mass is 10.1. The lowest BCUT2D eigenvalue weighted by Gasteiger charge is -2.21. The summed E-state index contributed by atoms with van der Waals surface area (Å²) in [6, 6.07) is 4.03. The average Bonchev–Trinajstić information content (AvgIpc) is 2.45. The van der Waals surface area contributed by atoms with Crippen LogP contribution in [0.5, 0.6) is 17.2 Å². The van der Waals surface area contributed by atoms with Crippen LogP contribution in [0.3, 0.4) is 0 Å². The zero-order chi connectivity index (χ0) is 14.4. The van der Waals surface area contributed by atoms with E-state index in [2.05, 4.69) is 24.3 Å². The number of nitrogens with zero attached hydrogens (tertiary/aromatic N) is 1. The van der Waals surface area contributed by atoms with Gasteiger partial charge in [-0.05, 0) is 51.3 Å². The largest absolute Gasteiger partial charge is 0.493 e. The van der Waals surface area contributed by atoms with Gasteiger partial charge in [0, 0.05) is 6.54 Å². The summed E-state index contributed by atoms with van der Waals surface area (Å²) in [5, 5.41) is 3.44. The first-order valence-corrected chi connectivity index (χ1v) is 7.02. The summed E-state index contributed by atoms with van der Waals surface area (Å²) in [5.74, 6) is 2.24. The van der Waals surface area contributed by atoms with Gasteiger partial charge in [0.05, 0.1) is 7.11 Å². The molecular weight excluding hydrogens is 256 g/mol. The molecule has 1 heterocycles. The van der Waals surface area contributed by atoms with Crippen molar-refractivity contribution in [1.29, 1.82) is 0 Å². The van der Waals surface area contributed by atoms with Crippen LogP contribution in [0, 0.1) is 0 Å². The molecule has 1 aromatic rings. The predicted octanol–water partition coefficient (Wildman–Crippen LogP) is 1.51. The van der Waals surface area contributed by atoms with Gasteiger partial charge in [-0.25, -0.2) is 0 Å². The number of hydrogen-bond donors (Lipinski definition) is 1. The quantitative estimate of drug-likeness (QED) is 0.767. The van der Waals surface area contributed by atoms with E-state index >= 15 is 0 Å². The van der Waals surface area contributed by atoms with Gasteiger partial charge in [0.1, 0.15) is 13.2 Å². The molecule has 0 spiro atoms. The molecule has 112 valence electrons. The Kier molecular flexibility index (Phi) is 5.49. The minimum Gasteiger partial charge on any atom is -0.493 e. The molecule has 0 radical (unpaired) electrons. The number of nitrogens with one attached hydrogen (secondary N) is 1. The van der Waals surface area contributed by atoms with E-state index in [9.17, 15) is 0 Å². The molecule has 20 heavy (non-hydrogen) atoms. The summed E-state index contributed by atoms with van der Waals surface area (Å²) in [7, 11) is 5.83. The topological polar surface area (TPSA) is 43.0 Å². The van der Waals surface area contributed by atoms with Gasteiger partial charge in [-0.2, -0.15) is 0 Å². The number of benzene rings is 1. The van der Waals surface area contributed by atoms with Crippen molar-refractivity contribution in [3.63, 3.8) is 0 Å². The maximum absolute atomic E-state index is 5.63. The van der Waals surface area contributed by atoms with Crippen LogP contribution in [0.1, 0.15) is 12.0 Å². The van der Waals surface area contributed by atoms with Crippen LogP contribution in [-0.2, 0) is 6.54 Å². The average molecular weight is 280 g/mol. The van der Waals surface area contributed by atoms with Crippen LogP contribution in [0.15, 0.2) is 12.1 Å². The second kappa shape index (κ2) is 7.36. The summed E-state index contributed by atoms with van der Waals surface area (Å²) < 4.78 is 16.6. The molecule has 0 saturated heterocycles. The highest BCUT2D eigenvalue weighted by Gasteiger charge is 2.18. The van der Waals surface area contributed by atoms with Crippen LogP contribution in [0.4, 0.5) is 0 Å². The van der Waals surface area contributed by atoms with Crippen molar-refractivity contribution in [1.82, 2.24) is 10.2 Å². The molecular formula is C15H24N2O3. The van der Waals surface area contributed by atoms with Crippen molar-refractivity contribution in [2.75, 3.05) is 47.5 Å². The summed E-state index contributed by atoms with van der Waals surface area (Å²) >= 11 is 0. The molecule has 0 saturated carbocycles. The fraction of sp³-hybridized carbons (Fsp3) is 0.600. The first kappa shape index (κ1) is 14.9. The molecule has 1 aliphatic rings. The third kappa shape index (κ3) is 4.02. The van der Waals surface area contributed by atoms with Crippen LogP contribution < -0.4 is 19.5 Å². The van der Waals surface area contributed by atoms with Crippen molar-refractivity contribution in [2.24, 2.45) is 0 Å². The Hall–Kier alpha value is -1.46. The highest BCUT2D eigenvalue weighted by Crippen LogP contribution is 2.40.